The Bertz CT molecular complexity index is 510. The maximum atomic E-state index is 13.5. The highest BCUT2D eigenvalue weighted by molar-refractivity contribution is 5.74. The van der Waals surface area contributed by atoms with E-state index < -0.39 is 0 Å². The first-order chi connectivity index (χ1) is 10.7. The quantitative estimate of drug-likeness (QED) is 0.877. The molecule has 0 spiro atoms. The van der Waals surface area contributed by atoms with Gasteiger partial charge in [-0.25, -0.2) is 9.18 Å². The van der Waals surface area contributed by atoms with Gasteiger partial charge in [0.1, 0.15) is 5.82 Å². The molecule has 1 saturated carbocycles. The van der Waals surface area contributed by atoms with Gasteiger partial charge in [-0.05, 0) is 43.7 Å². The van der Waals surface area contributed by atoms with Crippen LogP contribution in [0.3, 0.4) is 0 Å². The molecule has 1 aliphatic heterocycles. The van der Waals surface area contributed by atoms with Gasteiger partial charge in [0.2, 0.25) is 0 Å². The molecule has 22 heavy (non-hydrogen) atoms. The van der Waals surface area contributed by atoms with Crippen molar-refractivity contribution in [2.75, 3.05) is 19.6 Å². The van der Waals surface area contributed by atoms with Gasteiger partial charge in [0.15, 0.2) is 0 Å². The number of halogens is 1. The maximum absolute atomic E-state index is 13.5. The number of hydrogen-bond acceptors (Lipinski definition) is 2. The molecule has 5 heteroatoms. The number of amides is 2. The predicted molar refractivity (Wildman–Crippen MR) is 84.3 cm³/mol. The molecule has 3 rings (SSSR count). The molecule has 1 aliphatic carbocycles. The van der Waals surface area contributed by atoms with Gasteiger partial charge in [-0.1, -0.05) is 18.2 Å². The SMILES string of the molecule is O=C(NCCc1ccccc1F)NC1CCN(C2CC2)CC1. The molecule has 2 N–H and O–H groups in total. The summed E-state index contributed by atoms with van der Waals surface area (Å²) >= 11 is 0. The lowest BCUT2D eigenvalue weighted by atomic mass is 10.1. The van der Waals surface area contributed by atoms with Crippen molar-refractivity contribution in [2.24, 2.45) is 0 Å². The van der Waals surface area contributed by atoms with Crippen molar-refractivity contribution in [3.63, 3.8) is 0 Å². The molecule has 1 heterocycles. The summed E-state index contributed by atoms with van der Waals surface area (Å²) in [6.45, 7) is 2.63. The molecule has 0 bridgehead atoms. The highest BCUT2D eigenvalue weighted by atomic mass is 19.1. The first-order valence-corrected chi connectivity index (χ1v) is 8.24. The number of nitrogens with one attached hydrogen (secondary N) is 2. The summed E-state index contributed by atoms with van der Waals surface area (Å²) in [5.41, 5.74) is 0.639. The number of rotatable bonds is 5. The summed E-state index contributed by atoms with van der Waals surface area (Å²) in [4.78, 5) is 14.4. The van der Waals surface area contributed by atoms with Crippen LogP contribution in [-0.4, -0.2) is 42.6 Å². The molecular weight excluding hydrogens is 281 g/mol. The number of hydrogen-bond donors (Lipinski definition) is 2. The van der Waals surface area contributed by atoms with Gasteiger partial charge in [0.25, 0.3) is 0 Å². The Kier molecular flexibility index (Phi) is 4.93. The molecule has 0 unspecified atom stereocenters. The van der Waals surface area contributed by atoms with Gasteiger partial charge in [-0.3, -0.25) is 0 Å². The van der Waals surface area contributed by atoms with Crippen molar-refractivity contribution < 1.29 is 9.18 Å². The Morgan fingerprint density at radius 3 is 2.59 bits per heavy atom. The van der Waals surface area contributed by atoms with Crippen LogP contribution in [0.4, 0.5) is 9.18 Å². The van der Waals surface area contributed by atoms with Crippen LogP contribution in [0.1, 0.15) is 31.2 Å². The molecule has 2 fully saturated rings. The van der Waals surface area contributed by atoms with Crippen molar-refractivity contribution in [3.8, 4) is 0 Å². The van der Waals surface area contributed by atoms with E-state index in [0.29, 0.717) is 18.5 Å². The molecule has 0 aromatic heterocycles. The zero-order valence-electron chi connectivity index (χ0n) is 12.9. The highest BCUT2D eigenvalue weighted by Crippen LogP contribution is 2.29. The number of carbonyl (C=O) groups excluding carboxylic acids is 1. The van der Waals surface area contributed by atoms with Crippen molar-refractivity contribution in [3.05, 3.63) is 35.6 Å². The minimum absolute atomic E-state index is 0.138. The molecule has 1 aromatic rings. The van der Waals surface area contributed by atoms with Crippen molar-refractivity contribution in [1.29, 1.82) is 0 Å². The summed E-state index contributed by atoms with van der Waals surface area (Å²) in [5, 5.41) is 5.85. The fourth-order valence-electron chi connectivity index (χ4n) is 3.10. The number of piperidine rings is 1. The van der Waals surface area contributed by atoms with E-state index in [-0.39, 0.29) is 17.9 Å². The fourth-order valence-corrected chi connectivity index (χ4v) is 3.10. The zero-order chi connectivity index (χ0) is 15.4. The molecule has 1 aromatic carbocycles. The van der Waals surface area contributed by atoms with Gasteiger partial charge < -0.3 is 15.5 Å². The molecule has 0 atom stereocenters. The van der Waals surface area contributed by atoms with E-state index in [0.717, 1.165) is 32.0 Å². The van der Waals surface area contributed by atoms with Gasteiger partial charge in [-0.2, -0.15) is 0 Å². The monoisotopic (exact) mass is 305 g/mol. The van der Waals surface area contributed by atoms with E-state index in [1.54, 1.807) is 12.1 Å². The highest BCUT2D eigenvalue weighted by Gasteiger charge is 2.31. The summed E-state index contributed by atoms with van der Waals surface area (Å²) in [5.74, 6) is -0.211. The second kappa shape index (κ2) is 7.09. The van der Waals surface area contributed by atoms with Crippen molar-refractivity contribution in [2.45, 2.75) is 44.2 Å². The van der Waals surface area contributed by atoms with Crippen LogP contribution < -0.4 is 10.6 Å². The summed E-state index contributed by atoms with van der Waals surface area (Å²) in [6, 6.07) is 7.63. The normalized spacial score (nSPS) is 19.9. The molecule has 1 saturated heterocycles. The van der Waals surface area contributed by atoms with Gasteiger partial charge >= 0.3 is 6.03 Å². The number of likely N-dealkylation sites (tertiary alicyclic amines) is 1. The lowest BCUT2D eigenvalue weighted by Gasteiger charge is -2.32. The summed E-state index contributed by atoms with van der Waals surface area (Å²) in [7, 11) is 0. The molecule has 2 aliphatic rings. The second-order valence-electron chi connectivity index (χ2n) is 6.28. The van der Waals surface area contributed by atoms with Crippen LogP contribution in [0.2, 0.25) is 0 Å². The Labute approximate surface area is 131 Å². The summed E-state index contributed by atoms with van der Waals surface area (Å²) in [6.07, 6.45) is 5.25. The average molecular weight is 305 g/mol. The molecule has 120 valence electrons. The van der Waals surface area contributed by atoms with E-state index in [2.05, 4.69) is 15.5 Å². The predicted octanol–water partition coefficient (Wildman–Crippen LogP) is 2.29. The lowest BCUT2D eigenvalue weighted by molar-refractivity contribution is 0.186. The summed E-state index contributed by atoms with van der Waals surface area (Å²) < 4.78 is 13.5. The Balaban J connectivity index is 1.33. The third kappa shape index (κ3) is 4.19. The van der Waals surface area contributed by atoms with Crippen LogP contribution in [-0.2, 0) is 6.42 Å². The number of benzene rings is 1. The van der Waals surface area contributed by atoms with E-state index in [4.69, 9.17) is 0 Å². The van der Waals surface area contributed by atoms with Crippen LogP contribution in [0, 0.1) is 5.82 Å². The first kappa shape index (κ1) is 15.3. The first-order valence-electron chi connectivity index (χ1n) is 8.24. The van der Waals surface area contributed by atoms with E-state index in [9.17, 15) is 9.18 Å². The standard InChI is InChI=1S/C17H24FN3O/c18-16-4-2-1-3-13(16)7-10-19-17(22)20-14-8-11-21(12-9-14)15-5-6-15/h1-4,14-15H,5-12H2,(H2,19,20,22). The Morgan fingerprint density at radius 1 is 1.18 bits per heavy atom. The minimum atomic E-state index is -0.211. The number of nitrogens with zero attached hydrogens (tertiary/aromatic N) is 1. The molecule has 0 radical (unpaired) electrons. The Morgan fingerprint density at radius 2 is 1.91 bits per heavy atom. The van der Waals surface area contributed by atoms with E-state index in [1.807, 2.05) is 6.07 Å². The molecule has 4 nitrogen and oxygen atoms in total. The van der Waals surface area contributed by atoms with Crippen LogP contribution in [0.15, 0.2) is 24.3 Å². The minimum Gasteiger partial charge on any atom is -0.338 e. The van der Waals surface area contributed by atoms with Gasteiger partial charge in [-0.15, -0.1) is 0 Å². The van der Waals surface area contributed by atoms with Crippen molar-refractivity contribution in [1.82, 2.24) is 15.5 Å². The maximum Gasteiger partial charge on any atom is 0.315 e. The Hall–Kier alpha value is -1.62. The zero-order valence-corrected chi connectivity index (χ0v) is 12.9. The lowest BCUT2D eigenvalue weighted by Crippen LogP contribution is -2.48. The van der Waals surface area contributed by atoms with Crippen LogP contribution in [0.5, 0.6) is 0 Å². The van der Waals surface area contributed by atoms with E-state index in [1.165, 1.54) is 18.9 Å². The van der Waals surface area contributed by atoms with E-state index >= 15 is 0 Å². The van der Waals surface area contributed by atoms with Gasteiger partial charge in [0, 0.05) is 31.7 Å². The smallest absolute Gasteiger partial charge is 0.315 e. The van der Waals surface area contributed by atoms with Crippen molar-refractivity contribution >= 4 is 6.03 Å². The second-order valence-corrected chi connectivity index (χ2v) is 6.28. The third-order valence-corrected chi connectivity index (χ3v) is 4.57. The topological polar surface area (TPSA) is 44.4 Å². The largest absolute Gasteiger partial charge is 0.338 e. The number of urea groups is 1. The van der Waals surface area contributed by atoms with Gasteiger partial charge in [0.05, 0.1) is 0 Å². The average Bonchev–Trinajstić information content (AvgIpc) is 3.35. The number of carbonyl (C=O) groups is 1. The third-order valence-electron chi connectivity index (χ3n) is 4.57. The fraction of sp³-hybridized carbons (Fsp3) is 0.588. The van der Waals surface area contributed by atoms with Crippen LogP contribution >= 0.6 is 0 Å². The van der Waals surface area contributed by atoms with Crippen LogP contribution in [0.25, 0.3) is 0 Å². The molecular formula is C17H24FN3O. The molecule has 2 amide bonds.